The van der Waals surface area contributed by atoms with E-state index in [1.165, 1.54) is 38.5 Å². The first-order chi connectivity index (χ1) is 24.9. The van der Waals surface area contributed by atoms with Crippen molar-refractivity contribution in [2.45, 2.75) is 201 Å². The highest BCUT2D eigenvalue weighted by atomic mass is 16.6. The summed E-state index contributed by atoms with van der Waals surface area (Å²) in [5, 5.41) is 14.7. The highest BCUT2D eigenvalue weighted by Crippen LogP contribution is 2.16. The summed E-state index contributed by atoms with van der Waals surface area (Å²) in [7, 11) is 0. The summed E-state index contributed by atoms with van der Waals surface area (Å²) in [5.41, 5.74) is -1.50. The molecule has 11 nitrogen and oxygen atoms in total. The third-order valence-corrected chi connectivity index (χ3v) is 8.38. The molecule has 0 bridgehead atoms. The molecular formula is C42H81N5O6. The minimum atomic E-state index is -0.515. The Labute approximate surface area is 325 Å². The predicted octanol–water partition coefficient (Wildman–Crippen LogP) is 10.5. The van der Waals surface area contributed by atoms with Crippen molar-refractivity contribution in [2.75, 3.05) is 45.8 Å². The summed E-state index contributed by atoms with van der Waals surface area (Å²) in [5.74, 6) is 0. The van der Waals surface area contributed by atoms with Gasteiger partial charge in [-0.15, -0.1) is 0 Å². The van der Waals surface area contributed by atoms with Crippen molar-refractivity contribution in [2.24, 2.45) is 0 Å². The number of nitriles is 1. The van der Waals surface area contributed by atoms with Crippen LogP contribution in [0.4, 0.5) is 14.4 Å². The van der Waals surface area contributed by atoms with Crippen molar-refractivity contribution >= 4 is 18.3 Å². The average Bonchev–Trinajstić information content (AvgIpc) is 3.03. The summed E-state index contributed by atoms with van der Waals surface area (Å²) < 4.78 is 16.7. The maximum absolute atomic E-state index is 12.9. The lowest BCUT2D eigenvalue weighted by Gasteiger charge is -2.27. The first kappa shape index (κ1) is 50.3. The predicted molar refractivity (Wildman–Crippen MR) is 216 cm³/mol. The van der Waals surface area contributed by atoms with Gasteiger partial charge in [0, 0.05) is 45.7 Å². The van der Waals surface area contributed by atoms with E-state index in [2.05, 4.69) is 16.7 Å². The van der Waals surface area contributed by atoms with Crippen molar-refractivity contribution in [3.63, 3.8) is 0 Å². The quantitative estimate of drug-likeness (QED) is 0.0570. The Kier molecular flexibility index (Phi) is 28.1. The van der Waals surface area contributed by atoms with Crippen molar-refractivity contribution in [1.29, 1.82) is 5.26 Å². The van der Waals surface area contributed by atoms with Crippen LogP contribution in [0.25, 0.3) is 0 Å². The number of hydrogen-bond donors (Lipinski definition) is 2. The molecule has 310 valence electrons. The minimum Gasteiger partial charge on any atom is -0.444 e. The molecule has 0 heterocycles. The Morgan fingerprint density at radius 3 is 1.13 bits per heavy atom. The summed E-state index contributed by atoms with van der Waals surface area (Å²) >= 11 is 0. The molecule has 11 heteroatoms. The zero-order chi connectivity index (χ0) is 40.0. The molecule has 0 saturated heterocycles. The van der Waals surface area contributed by atoms with Gasteiger partial charge in [-0.3, -0.25) is 0 Å². The molecular weight excluding hydrogens is 670 g/mol. The van der Waals surface area contributed by atoms with Crippen molar-refractivity contribution in [3.05, 3.63) is 0 Å². The van der Waals surface area contributed by atoms with Crippen LogP contribution in [0.3, 0.4) is 0 Å². The van der Waals surface area contributed by atoms with Crippen molar-refractivity contribution < 1.29 is 28.6 Å². The van der Waals surface area contributed by atoms with Crippen LogP contribution in [-0.4, -0.2) is 90.7 Å². The lowest BCUT2D eigenvalue weighted by molar-refractivity contribution is 0.0232. The van der Waals surface area contributed by atoms with Gasteiger partial charge in [0.1, 0.15) is 16.8 Å². The van der Waals surface area contributed by atoms with Gasteiger partial charge in [-0.05, 0) is 107 Å². The Morgan fingerprint density at radius 2 is 0.792 bits per heavy atom. The fraction of sp³-hybridized carbons (Fsp3) is 0.905. The van der Waals surface area contributed by atoms with Gasteiger partial charge in [0.15, 0.2) is 0 Å². The fourth-order valence-corrected chi connectivity index (χ4v) is 5.72. The first-order valence-corrected chi connectivity index (χ1v) is 20.9. The smallest absolute Gasteiger partial charge is 0.410 e. The maximum atomic E-state index is 12.9. The van der Waals surface area contributed by atoms with Gasteiger partial charge in [0.05, 0.1) is 6.07 Å². The van der Waals surface area contributed by atoms with E-state index >= 15 is 0 Å². The van der Waals surface area contributed by atoms with Crippen LogP contribution in [-0.2, 0) is 14.2 Å². The summed E-state index contributed by atoms with van der Waals surface area (Å²) in [4.78, 5) is 41.3. The molecule has 0 saturated carbocycles. The zero-order valence-electron chi connectivity index (χ0n) is 35.7. The van der Waals surface area contributed by atoms with E-state index in [1.807, 2.05) is 72.1 Å². The van der Waals surface area contributed by atoms with Crippen LogP contribution >= 0.6 is 0 Å². The summed E-state index contributed by atoms with van der Waals surface area (Å²) in [6.07, 6.45) is 19.2. The van der Waals surface area contributed by atoms with Gasteiger partial charge < -0.3 is 34.6 Å². The number of nitrogens with zero attached hydrogens (tertiary/aromatic N) is 3. The van der Waals surface area contributed by atoms with Crippen LogP contribution in [0.15, 0.2) is 0 Å². The molecule has 0 fully saturated rings. The molecule has 0 aliphatic rings. The number of carbonyl (C=O) groups is 3. The number of unbranched alkanes of at least 4 members (excludes halogenated alkanes) is 15. The maximum Gasteiger partial charge on any atom is 0.410 e. The highest BCUT2D eigenvalue weighted by molar-refractivity contribution is 5.68. The Balaban J connectivity index is 4.23. The van der Waals surface area contributed by atoms with Crippen molar-refractivity contribution in [1.82, 2.24) is 20.4 Å². The highest BCUT2D eigenvalue weighted by Gasteiger charge is 2.23. The second-order valence-electron chi connectivity index (χ2n) is 17.4. The topological polar surface area (TPSA) is 133 Å². The molecule has 0 unspecified atom stereocenters. The molecule has 0 spiro atoms. The van der Waals surface area contributed by atoms with Gasteiger partial charge in [0.2, 0.25) is 0 Å². The third-order valence-electron chi connectivity index (χ3n) is 8.38. The molecule has 53 heavy (non-hydrogen) atoms. The standard InChI is InChI=1S/C42H81N5O6/c1-40(2,3)51-37(48)45-32-23-17-21-27-36-47(39(50)53-42(7,8)9)34-25-19-15-13-11-10-12-14-18-24-33-46(38(49)52-41(4,5)6)35-26-20-16-22-30-44-31-28-29-43/h44H,10-28,30-36H2,1-9H3,(H,45,48). The molecule has 0 atom stereocenters. The number of alkyl carbamates (subject to hydrolysis) is 1. The lowest BCUT2D eigenvalue weighted by atomic mass is 10.1. The fourth-order valence-electron chi connectivity index (χ4n) is 5.72. The minimum absolute atomic E-state index is 0.202. The molecule has 0 radical (unpaired) electrons. The number of amides is 3. The van der Waals surface area contributed by atoms with E-state index in [9.17, 15) is 14.4 Å². The van der Waals surface area contributed by atoms with Gasteiger partial charge in [-0.25, -0.2) is 14.4 Å². The molecule has 0 aromatic carbocycles. The van der Waals surface area contributed by atoms with Crippen LogP contribution < -0.4 is 10.6 Å². The van der Waals surface area contributed by atoms with E-state index in [0.717, 1.165) is 110 Å². The van der Waals surface area contributed by atoms with E-state index in [1.54, 1.807) is 0 Å². The van der Waals surface area contributed by atoms with Gasteiger partial charge >= 0.3 is 18.3 Å². The Morgan fingerprint density at radius 1 is 0.472 bits per heavy atom. The number of carbonyl (C=O) groups excluding carboxylic acids is 3. The second-order valence-corrected chi connectivity index (χ2v) is 17.4. The van der Waals surface area contributed by atoms with Crippen molar-refractivity contribution in [3.8, 4) is 6.07 Å². The Bertz CT molecular complexity index is 996. The van der Waals surface area contributed by atoms with E-state index in [4.69, 9.17) is 19.5 Å². The number of ether oxygens (including phenoxy) is 3. The van der Waals surface area contributed by atoms with E-state index < -0.39 is 16.8 Å². The number of rotatable bonds is 29. The molecule has 0 rings (SSSR count). The lowest BCUT2D eigenvalue weighted by Crippen LogP contribution is -2.38. The Hall–Kier alpha value is -2.74. The zero-order valence-corrected chi connectivity index (χ0v) is 35.7. The summed E-state index contributed by atoms with van der Waals surface area (Å²) in [6.45, 7) is 22.2. The number of hydrogen-bond acceptors (Lipinski definition) is 8. The van der Waals surface area contributed by atoms with Crippen LogP contribution in [0.2, 0.25) is 0 Å². The van der Waals surface area contributed by atoms with Crippen LogP contribution in [0.5, 0.6) is 0 Å². The van der Waals surface area contributed by atoms with Gasteiger partial charge in [0.25, 0.3) is 0 Å². The second kappa shape index (κ2) is 29.6. The van der Waals surface area contributed by atoms with E-state index in [0.29, 0.717) is 19.5 Å². The van der Waals surface area contributed by atoms with Gasteiger partial charge in [-0.1, -0.05) is 77.0 Å². The van der Waals surface area contributed by atoms with Crippen LogP contribution in [0.1, 0.15) is 184 Å². The molecule has 0 aromatic rings. The largest absolute Gasteiger partial charge is 0.444 e. The average molecular weight is 752 g/mol. The first-order valence-electron chi connectivity index (χ1n) is 20.9. The SMILES string of the molecule is CC(C)(C)OC(=O)NCCCCCCN(CCCCCCCCCCCCN(CCCCCCNCCC#N)C(=O)OC(C)(C)C)C(=O)OC(C)(C)C. The van der Waals surface area contributed by atoms with Crippen LogP contribution in [0, 0.1) is 11.3 Å². The molecule has 0 aliphatic carbocycles. The van der Waals surface area contributed by atoms with E-state index in [-0.39, 0.29) is 18.3 Å². The third kappa shape index (κ3) is 34.8. The number of nitrogens with one attached hydrogen (secondary N) is 2. The monoisotopic (exact) mass is 752 g/mol. The summed E-state index contributed by atoms with van der Waals surface area (Å²) in [6, 6.07) is 2.15. The molecule has 2 N–H and O–H groups in total. The molecule has 0 aromatic heterocycles. The molecule has 0 aliphatic heterocycles. The normalized spacial score (nSPS) is 11.8. The van der Waals surface area contributed by atoms with Gasteiger partial charge in [-0.2, -0.15) is 5.26 Å². The molecule has 3 amide bonds.